The molecule has 5 heteroatoms. The zero-order chi connectivity index (χ0) is 11.0. The molecule has 16 heavy (non-hydrogen) atoms. The Kier molecular flexibility index (Phi) is 2.40. The Morgan fingerprint density at radius 1 is 1.50 bits per heavy atom. The highest BCUT2D eigenvalue weighted by Gasteiger charge is 2.26. The number of rotatable bonds is 4. The predicted molar refractivity (Wildman–Crippen MR) is 59.3 cm³/mol. The SMILES string of the molecule is O=C(NCC1CNC1)c1cc(C2CC2)[nH]n1. The van der Waals surface area contributed by atoms with E-state index in [2.05, 4.69) is 20.8 Å². The summed E-state index contributed by atoms with van der Waals surface area (Å²) < 4.78 is 0. The van der Waals surface area contributed by atoms with Crippen LogP contribution >= 0.6 is 0 Å². The Morgan fingerprint density at radius 2 is 2.31 bits per heavy atom. The number of H-pyrrole nitrogens is 1. The van der Waals surface area contributed by atoms with Crippen molar-refractivity contribution < 1.29 is 4.79 Å². The summed E-state index contributed by atoms with van der Waals surface area (Å²) in [7, 11) is 0. The van der Waals surface area contributed by atoms with Gasteiger partial charge in [0.25, 0.3) is 5.91 Å². The summed E-state index contributed by atoms with van der Waals surface area (Å²) >= 11 is 0. The number of hydrogen-bond donors (Lipinski definition) is 3. The minimum absolute atomic E-state index is 0.0601. The molecule has 0 aromatic carbocycles. The average molecular weight is 220 g/mol. The number of nitrogens with one attached hydrogen (secondary N) is 3. The molecule has 0 radical (unpaired) electrons. The van der Waals surface area contributed by atoms with Gasteiger partial charge < -0.3 is 10.6 Å². The van der Waals surface area contributed by atoms with Crippen LogP contribution in [-0.4, -0.2) is 35.7 Å². The van der Waals surface area contributed by atoms with Crippen molar-refractivity contribution in [2.24, 2.45) is 5.92 Å². The molecule has 1 amide bonds. The van der Waals surface area contributed by atoms with E-state index in [0.29, 0.717) is 17.5 Å². The minimum Gasteiger partial charge on any atom is -0.350 e. The van der Waals surface area contributed by atoms with Gasteiger partial charge in [-0.25, -0.2) is 0 Å². The molecule has 1 saturated carbocycles. The van der Waals surface area contributed by atoms with E-state index in [9.17, 15) is 4.79 Å². The minimum atomic E-state index is -0.0601. The fourth-order valence-electron chi connectivity index (χ4n) is 1.88. The van der Waals surface area contributed by atoms with Gasteiger partial charge in [-0.3, -0.25) is 9.89 Å². The third-order valence-electron chi connectivity index (χ3n) is 3.26. The fraction of sp³-hybridized carbons (Fsp3) is 0.636. The van der Waals surface area contributed by atoms with Gasteiger partial charge in [-0.2, -0.15) is 5.10 Å². The predicted octanol–water partition coefficient (Wildman–Crippen LogP) is 0.236. The standard InChI is InChI=1S/C11H16N4O/c16-11(13-6-7-4-12-5-7)10-3-9(14-15-10)8-1-2-8/h3,7-8,12H,1-2,4-6H2,(H,13,16)(H,14,15). The van der Waals surface area contributed by atoms with Crippen LogP contribution in [0.15, 0.2) is 6.07 Å². The Labute approximate surface area is 94.0 Å². The fourth-order valence-corrected chi connectivity index (χ4v) is 1.88. The van der Waals surface area contributed by atoms with Gasteiger partial charge in [-0.1, -0.05) is 0 Å². The highest BCUT2D eigenvalue weighted by molar-refractivity contribution is 5.92. The maximum absolute atomic E-state index is 11.7. The first-order valence-corrected chi connectivity index (χ1v) is 5.87. The Balaban J connectivity index is 1.55. The van der Waals surface area contributed by atoms with Crippen LogP contribution in [0, 0.1) is 5.92 Å². The number of hydrogen-bond acceptors (Lipinski definition) is 3. The zero-order valence-electron chi connectivity index (χ0n) is 9.12. The first kappa shape index (κ1) is 9.84. The summed E-state index contributed by atoms with van der Waals surface area (Å²) in [6, 6.07) is 1.88. The third-order valence-corrected chi connectivity index (χ3v) is 3.26. The lowest BCUT2D eigenvalue weighted by atomic mass is 10.0. The molecule has 3 N–H and O–H groups in total. The summed E-state index contributed by atoms with van der Waals surface area (Å²) in [4.78, 5) is 11.7. The highest BCUT2D eigenvalue weighted by atomic mass is 16.1. The van der Waals surface area contributed by atoms with Gasteiger partial charge in [-0.05, 0) is 18.9 Å². The smallest absolute Gasteiger partial charge is 0.271 e. The van der Waals surface area contributed by atoms with Crippen LogP contribution in [0.3, 0.4) is 0 Å². The molecule has 86 valence electrons. The van der Waals surface area contributed by atoms with Crippen LogP contribution in [0.1, 0.15) is 34.9 Å². The van der Waals surface area contributed by atoms with Gasteiger partial charge in [0, 0.05) is 37.2 Å². The summed E-state index contributed by atoms with van der Waals surface area (Å²) in [5, 5.41) is 13.1. The van der Waals surface area contributed by atoms with Crippen molar-refractivity contribution in [3.63, 3.8) is 0 Å². The summed E-state index contributed by atoms with van der Waals surface area (Å²) in [6.45, 7) is 2.76. The zero-order valence-corrected chi connectivity index (χ0v) is 9.12. The molecule has 1 saturated heterocycles. The van der Waals surface area contributed by atoms with Gasteiger partial charge >= 0.3 is 0 Å². The van der Waals surface area contributed by atoms with Gasteiger partial charge in [0.15, 0.2) is 0 Å². The molecule has 3 rings (SSSR count). The Bertz CT molecular complexity index is 392. The van der Waals surface area contributed by atoms with E-state index in [-0.39, 0.29) is 5.91 Å². The van der Waals surface area contributed by atoms with Crippen LogP contribution < -0.4 is 10.6 Å². The van der Waals surface area contributed by atoms with Crippen LogP contribution in [0.5, 0.6) is 0 Å². The van der Waals surface area contributed by atoms with E-state index in [1.807, 2.05) is 6.07 Å². The molecular weight excluding hydrogens is 204 g/mol. The van der Waals surface area contributed by atoms with Crippen LogP contribution in [0.4, 0.5) is 0 Å². The number of aromatic nitrogens is 2. The molecule has 1 aromatic rings. The molecule has 5 nitrogen and oxygen atoms in total. The van der Waals surface area contributed by atoms with Crippen molar-refractivity contribution in [1.29, 1.82) is 0 Å². The molecule has 1 aromatic heterocycles. The molecule has 2 fully saturated rings. The first-order valence-electron chi connectivity index (χ1n) is 5.87. The second kappa shape index (κ2) is 3.90. The monoisotopic (exact) mass is 220 g/mol. The van der Waals surface area contributed by atoms with Crippen molar-refractivity contribution >= 4 is 5.91 Å². The van der Waals surface area contributed by atoms with E-state index >= 15 is 0 Å². The van der Waals surface area contributed by atoms with E-state index in [0.717, 1.165) is 25.3 Å². The number of carbonyl (C=O) groups excluding carboxylic acids is 1. The molecule has 1 aliphatic carbocycles. The normalized spacial score (nSPS) is 20.5. The second-order valence-corrected chi connectivity index (χ2v) is 4.72. The van der Waals surface area contributed by atoms with Crippen LogP contribution in [0.2, 0.25) is 0 Å². The van der Waals surface area contributed by atoms with Gasteiger partial charge in [0.1, 0.15) is 5.69 Å². The Morgan fingerprint density at radius 3 is 2.94 bits per heavy atom. The third kappa shape index (κ3) is 1.95. The number of carbonyl (C=O) groups is 1. The first-order chi connectivity index (χ1) is 7.83. The van der Waals surface area contributed by atoms with Crippen molar-refractivity contribution in [2.75, 3.05) is 19.6 Å². The summed E-state index contributed by atoms with van der Waals surface area (Å²) in [6.07, 6.45) is 2.44. The number of amides is 1. The summed E-state index contributed by atoms with van der Waals surface area (Å²) in [5.74, 6) is 1.14. The average Bonchev–Trinajstić information content (AvgIpc) is 2.94. The molecule has 0 atom stereocenters. The maximum atomic E-state index is 11.7. The number of aromatic amines is 1. The van der Waals surface area contributed by atoms with Gasteiger partial charge in [-0.15, -0.1) is 0 Å². The van der Waals surface area contributed by atoms with Crippen molar-refractivity contribution in [3.8, 4) is 0 Å². The lowest BCUT2D eigenvalue weighted by Crippen LogP contribution is -2.48. The van der Waals surface area contributed by atoms with Crippen molar-refractivity contribution in [2.45, 2.75) is 18.8 Å². The number of nitrogens with zero attached hydrogens (tertiary/aromatic N) is 1. The molecule has 1 aliphatic heterocycles. The largest absolute Gasteiger partial charge is 0.350 e. The Hall–Kier alpha value is -1.36. The maximum Gasteiger partial charge on any atom is 0.271 e. The van der Waals surface area contributed by atoms with Gasteiger partial charge in [0.05, 0.1) is 0 Å². The van der Waals surface area contributed by atoms with Crippen LogP contribution in [-0.2, 0) is 0 Å². The molecule has 0 unspecified atom stereocenters. The van der Waals surface area contributed by atoms with E-state index in [4.69, 9.17) is 0 Å². The molecular formula is C11H16N4O. The highest BCUT2D eigenvalue weighted by Crippen LogP contribution is 2.38. The topological polar surface area (TPSA) is 69.8 Å². The van der Waals surface area contributed by atoms with E-state index in [1.54, 1.807) is 0 Å². The molecule has 0 spiro atoms. The quantitative estimate of drug-likeness (QED) is 0.680. The molecule has 2 heterocycles. The van der Waals surface area contributed by atoms with Gasteiger partial charge in [0.2, 0.25) is 0 Å². The molecule has 2 aliphatic rings. The lowest BCUT2D eigenvalue weighted by molar-refractivity contribution is 0.0937. The van der Waals surface area contributed by atoms with Crippen molar-refractivity contribution in [3.05, 3.63) is 17.5 Å². The lowest BCUT2D eigenvalue weighted by Gasteiger charge is -2.26. The van der Waals surface area contributed by atoms with E-state index in [1.165, 1.54) is 12.8 Å². The molecule has 0 bridgehead atoms. The van der Waals surface area contributed by atoms with Crippen molar-refractivity contribution in [1.82, 2.24) is 20.8 Å². The summed E-state index contributed by atoms with van der Waals surface area (Å²) in [5.41, 5.74) is 1.63. The van der Waals surface area contributed by atoms with E-state index < -0.39 is 0 Å². The second-order valence-electron chi connectivity index (χ2n) is 4.72. The van der Waals surface area contributed by atoms with Crippen LogP contribution in [0.25, 0.3) is 0 Å².